The van der Waals surface area contributed by atoms with Crippen LogP contribution in [0.15, 0.2) is 23.0 Å². The fourth-order valence-electron chi connectivity index (χ4n) is 3.09. The van der Waals surface area contributed by atoms with Crippen LogP contribution in [0.5, 0.6) is 11.5 Å². The van der Waals surface area contributed by atoms with Gasteiger partial charge in [0.1, 0.15) is 5.82 Å². The van der Waals surface area contributed by atoms with Gasteiger partial charge in [0.05, 0.1) is 29.8 Å². The second kappa shape index (κ2) is 7.72. The van der Waals surface area contributed by atoms with Gasteiger partial charge in [0.2, 0.25) is 5.91 Å². The number of aromatic nitrogens is 2. The Kier molecular flexibility index (Phi) is 5.55. The quantitative estimate of drug-likeness (QED) is 0.817. The number of aromatic amines is 1. The number of amides is 1. The highest BCUT2D eigenvalue weighted by atomic mass is 32.2. The number of thioether (sulfide) groups is 1. The Morgan fingerprint density at radius 3 is 2.56 bits per heavy atom. The maximum atomic E-state index is 12.7. The van der Waals surface area contributed by atoms with E-state index in [9.17, 15) is 9.59 Å². The molecule has 7 nitrogen and oxygen atoms in total. The zero-order valence-corrected chi connectivity index (χ0v) is 17.0. The molecule has 0 fully saturated rings. The van der Waals surface area contributed by atoms with Gasteiger partial charge in [0.15, 0.2) is 11.5 Å². The molecule has 2 aromatic rings. The number of benzene rings is 1. The molecule has 1 aromatic carbocycles. The Morgan fingerprint density at radius 2 is 1.93 bits per heavy atom. The van der Waals surface area contributed by atoms with Gasteiger partial charge in [-0.05, 0) is 45.4 Å². The predicted molar refractivity (Wildman–Crippen MR) is 107 cm³/mol. The molecule has 0 spiro atoms. The van der Waals surface area contributed by atoms with Crippen LogP contribution in [-0.2, 0) is 4.79 Å². The molecule has 1 atom stereocenters. The van der Waals surface area contributed by atoms with Crippen molar-refractivity contribution in [3.05, 3.63) is 39.7 Å². The first-order valence-electron chi connectivity index (χ1n) is 8.92. The minimum absolute atomic E-state index is 0.0156. The Morgan fingerprint density at radius 1 is 1.19 bits per heavy atom. The van der Waals surface area contributed by atoms with Crippen molar-refractivity contribution in [1.29, 1.82) is 0 Å². The summed E-state index contributed by atoms with van der Waals surface area (Å²) in [6, 6.07) is 5.66. The highest BCUT2D eigenvalue weighted by molar-refractivity contribution is 8.00. The second-order valence-electron chi connectivity index (χ2n) is 6.98. The van der Waals surface area contributed by atoms with Crippen LogP contribution in [-0.4, -0.2) is 34.7 Å². The average Bonchev–Trinajstić information content (AvgIpc) is 2.81. The van der Waals surface area contributed by atoms with E-state index in [0.29, 0.717) is 22.9 Å². The number of hydrogen-bond donors (Lipinski definition) is 2. The predicted octanol–water partition coefficient (Wildman–Crippen LogP) is 3.33. The van der Waals surface area contributed by atoms with Crippen molar-refractivity contribution in [3.63, 3.8) is 0 Å². The van der Waals surface area contributed by atoms with Crippen LogP contribution in [0.4, 0.5) is 5.82 Å². The lowest BCUT2D eigenvalue weighted by Crippen LogP contribution is -2.17. The van der Waals surface area contributed by atoms with Crippen LogP contribution in [0.3, 0.4) is 0 Å². The van der Waals surface area contributed by atoms with Gasteiger partial charge in [0.25, 0.3) is 5.56 Å². The van der Waals surface area contributed by atoms with E-state index in [4.69, 9.17) is 9.47 Å². The number of hydrogen-bond acceptors (Lipinski definition) is 5. The summed E-state index contributed by atoms with van der Waals surface area (Å²) in [5, 5.41) is 5.43. The summed E-state index contributed by atoms with van der Waals surface area (Å²) < 4.78 is 13.0. The number of carbonyl (C=O) groups is 1. The summed E-state index contributed by atoms with van der Waals surface area (Å²) in [5.41, 5.74) is 1.25. The van der Waals surface area contributed by atoms with E-state index in [1.807, 2.05) is 45.9 Å². The largest absolute Gasteiger partial charge is 0.493 e. The summed E-state index contributed by atoms with van der Waals surface area (Å²) in [4.78, 5) is 24.9. The van der Waals surface area contributed by atoms with Gasteiger partial charge in [-0.15, -0.1) is 11.8 Å². The van der Waals surface area contributed by atoms with E-state index in [-0.39, 0.29) is 34.6 Å². The number of carbonyl (C=O) groups excluding carboxylic acids is 1. The SMILES string of the molecule is COc1cc([C@@H]2SCC(=O)Nc3c2c(=O)[nH]n3C(C)C)ccc1OC(C)C. The molecule has 2 N–H and O–H groups in total. The lowest BCUT2D eigenvalue weighted by molar-refractivity contribution is -0.113. The molecule has 3 rings (SSSR count). The number of anilines is 1. The number of rotatable bonds is 5. The third kappa shape index (κ3) is 3.85. The molecule has 146 valence electrons. The van der Waals surface area contributed by atoms with Gasteiger partial charge >= 0.3 is 0 Å². The maximum Gasteiger partial charge on any atom is 0.270 e. The average molecular weight is 391 g/mol. The molecule has 0 radical (unpaired) electrons. The monoisotopic (exact) mass is 391 g/mol. The molecule has 0 aliphatic carbocycles. The second-order valence-corrected chi connectivity index (χ2v) is 8.08. The summed E-state index contributed by atoms with van der Waals surface area (Å²) in [6.45, 7) is 7.81. The fraction of sp³-hybridized carbons (Fsp3) is 0.474. The van der Waals surface area contributed by atoms with Crippen molar-refractivity contribution in [2.75, 3.05) is 18.2 Å². The van der Waals surface area contributed by atoms with E-state index in [2.05, 4.69) is 10.4 Å². The Bertz CT molecular complexity index is 901. The molecule has 0 unspecified atom stereocenters. The van der Waals surface area contributed by atoms with Crippen molar-refractivity contribution < 1.29 is 14.3 Å². The zero-order valence-electron chi connectivity index (χ0n) is 16.2. The molecule has 0 saturated heterocycles. The lowest BCUT2D eigenvalue weighted by Gasteiger charge is -2.18. The van der Waals surface area contributed by atoms with Crippen molar-refractivity contribution in [2.24, 2.45) is 0 Å². The molecule has 27 heavy (non-hydrogen) atoms. The normalized spacial score (nSPS) is 16.9. The fourth-order valence-corrected chi connectivity index (χ4v) is 4.21. The van der Waals surface area contributed by atoms with Gasteiger partial charge in [-0.3, -0.25) is 19.4 Å². The van der Waals surface area contributed by atoms with E-state index >= 15 is 0 Å². The van der Waals surface area contributed by atoms with Crippen LogP contribution in [0.25, 0.3) is 0 Å². The highest BCUT2D eigenvalue weighted by Crippen LogP contribution is 2.42. The number of nitrogens with one attached hydrogen (secondary N) is 2. The van der Waals surface area contributed by atoms with Gasteiger partial charge in [-0.25, -0.2) is 0 Å². The third-order valence-electron chi connectivity index (χ3n) is 4.23. The minimum Gasteiger partial charge on any atom is -0.493 e. The number of methoxy groups -OCH3 is 1. The highest BCUT2D eigenvalue weighted by Gasteiger charge is 2.31. The number of nitrogens with zero attached hydrogens (tertiary/aromatic N) is 1. The summed E-state index contributed by atoms with van der Waals surface area (Å²) >= 11 is 1.42. The van der Waals surface area contributed by atoms with Crippen molar-refractivity contribution in [1.82, 2.24) is 9.78 Å². The summed E-state index contributed by atoms with van der Waals surface area (Å²) in [7, 11) is 1.59. The first kappa shape index (κ1) is 19.4. The zero-order chi connectivity index (χ0) is 19.7. The Hall–Kier alpha value is -2.35. The molecular weight excluding hydrogens is 366 g/mol. The first-order chi connectivity index (χ1) is 12.8. The van der Waals surface area contributed by atoms with Crippen molar-refractivity contribution in [3.8, 4) is 11.5 Å². The van der Waals surface area contributed by atoms with Gasteiger partial charge in [0, 0.05) is 6.04 Å². The standard InChI is InChI=1S/C19H25N3O4S/c1-10(2)22-18-16(19(24)21-22)17(27-9-15(23)20-18)12-6-7-13(26-11(3)4)14(8-12)25-5/h6-8,10-11,17H,9H2,1-5H3,(H,20,23)(H,21,24)/t17-/m0/s1. The van der Waals surface area contributed by atoms with Crippen LogP contribution < -0.4 is 20.3 Å². The van der Waals surface area contributed by atoms with Crippen molar-refractivity contribution in [2.45, 2.75) is 45.1 Å². The van der Waals surface area contributed by atoms with E-state index < -0.39 is 0 Å². The van der Waals surface area contributed by atoms with Crippen molar-refractivity contribution >= 4 is 23.5 Å². The first-order valence-corrected chi connectivity index (χ1v) is 9.97. The molecule has 2 heterocycles. The number of ether oxygens (including phenoxy) is 2. The molecule has 8 heteroatoms. The van der Waals surface area contributed by atoms with E-state index in [1.165, 1.54) is 11.8 Å². The molecule has 1 aliphatic heterocycles. The van der Waals surface area contributed by atoms with Crippen LogP contribution >= 0.6 is 11.8 Å². The summed E-state index contributed by atoms with van der Waals surface area (Å²) in [6.07, 6.45) is 0.0216. The van der Waals surface area contributed by atoms with Crippen LogP contribution in [0.1, 0.15) is 50.1 Å². The van der Waals surface area contributed by atoms with Gasteiger partial charge in [-0.1, -0.05) is 6.07 Å². The van der Waals surface area contributed by atoms with E-state index in [0.717, 1.165) is 5.56 Å². The molecule has 0 bridgehead atoms. The lowest BCUT2D eigenvalue weighted by atomic mass is 10.1. The molecular formula is C19H25N3O4S. The smallest absolute Gasteiger partial charge is 0.270 e. The Balaban J connectivity index is 2.10. The number of H-pyrrole nitrogens is 1. The minimum atomic E-state index is -0.287. The van der Waals surface area contributed by atoms with E-state index in [1.54, 1.807) is 11.8 Å². The maximum absolute atomic E-state index is 12.7. The van der Waals surface area contributed by atoms with Gasteiger partial charge in [-0.2, -0.15) is 0 Å². The molecule has 1 amide bonds. The topological polar surface area (TPSA) is 85.4 Å². The molecule has 0 saturated carbocycles. The number of fused-ring (bicyclic) bond motifs is 1. The van der Waals surface area contributed by atoms with Crippen LogP contribution in [0, 0.1) is 0 Å². The third-order valence-corrected chi connectivity index (χ3v) is 5.50. The Labute approximate surface area is 162 Å². The molecule has 1 aliphatic rings. The van der Waals surface area contributed by atoms with Gasteiger partial charge < -0.3 is 14.8 Å². The van der Waals surface area contributed by atoms with Crippen LogP contribution in [0.2, 0.25) is 0 Å². The summed E-state index contributed by atoms with van der Waals surface area (Å²) in [5.74, 6) is 1.94. The molecule has 1 aromatic heterocycles.